The van der Waals surface area contributed by atoms with Crippen molar-refractivity contribution in [1.29, 1.82) is 5.26 Å². The minimum absolute atomic E-state index is 0.0413. The Balaban J connectivity index is 1.84. The van der Waals surface area contributed by atoms with E-state index in [2.05, 4.69) is 11.4 Å². The van der Waals surface area contributed by atoms with Crippen LogP contribution in [0.2, 0.25) is 10.0 Å². The van der Waals surface area contributed by atoms with Gasteiger partial charge in [-0.05, 0) is 66.4 Å². The highest BCUT2D eigenvalue weighted by Gasteiger charge is 2.36. The van der Waals surface area contributed by atoms with E-state index in [1.54, 1.807) is 48.5 Å². The number of hydrogen-bond donors (Lipinski definition) is 2. The van der Waals surface area contributed by atoms with Gasteiger partial charge in [-0.3, -0.25) is 14.2 Å². The van der Waals surface area contributed by atoms with Crippen LogP contribution in [-0.4, -0.2) is 10.5 Å². The maximum atomic E-state index is 14.0. The molecule has 0 spiro atoms. The lowest BCUT2D eigenvalue weighted by Crippen LogP contribution is -2.40. The summed E-state index contributed by atoms with van der Waals surface area (Å²) < 4.78 is 1.87. The number of rotatable bonds is 4. The number of nitrogens with zero attached hydrogens (tertiary/aromatic N) is 2. The number of nitrogens with one attached hydrogen (secondary N) is 1. The van der Waals surface area contributed by atoms with Crippen molar-refractivity contribution in [2.24, 2.45) is 5.73 Å². The fraction of sp³-hybridized carbons (Fsp3) is 0.100. The number of allylic oxidation sites excluding steroid dienone is 1. The monoisotopic (exact) mass is 572 g/mol. The molecule has 194 valence electrons. The first-order chi connectivity index (χ1) is 18.7. The Labute approximate surface area is 238 Å². The fourth-order valence-corrected chi connectivity index (χ4v) is 6.37. The van der Waals surface area contributed by atoms with Crippen molar-refractivity contribution in [2.45, 2.75) is 19.8 Å². The standard InChI is InChI=1S/C30H22Cl2N4O2S/c1-16-11-17(2)13-19(12-16)35-28(37)26-25(20-8-4-6-10-23(20)32)21(15-33)27(34)36-29(38)24(39-30(26)36)14-18-7-3-5-9-22(18)31/h3-14,25H,34H2,1-2H3,(H,35,37)/b24-14-. The molecular weight excluding hydrogens is 551 g/mol. The zero-order chi connectivity index (χ0) is 27.8. The molecule has 0 saturated carbocycles. The first kappa shape index (κ1) is 26.5. The lowest BCUT2D eigenvalue weighted by molar-refractivity contribution is -0.111. The third-order valence-corrected chi connectivity index (χ3v) is 8.20. The first-order valence-electron chi connectivity index (χ1n) is 12.0. The van der Waals surface area contributed by atoms with Gasteiger partial charge in [-0.1, -0.05) is 65.7 Å². The molecule has 9 heteroatoms. The van der Waals surface area contributed by atoms with E-state index in [1.165, 1.54) is 4.57 Å². The number of carbonyl (C=O) groups excluding carboxylic acids is 1. The predicted molar refractivity (Wildman–Crippen MR) is 158 cm³/mol. The van der Waals surface area contributed by atoms with Crippen molar-refractivity contribution in [2.75, 3.05) is 5.32 Å². The molecule has 0 bridgehead atoms. The number of benzene rings is 3. The lowest BCUT2D eigenvalue weighted by Gasteiger charge is -2.26. The highest BCUT2D eigenvalue weighted by Crippen LogP contribution is 2.39. The summed E-state index contributed by atoms with van der Waals surface area (Å²) in [6, 6.07) is 21.9. The number of fused-ring (bicyclic) bond motifs is 1. The molecule has 0 fully saturated rings. The van der Waals surface area contributed by atoms with Crippen LogP contribution in [0, 0.1) is 25.2 Å². The van der Waals surface area contributed by atoms with E-state index < -0.39 is 17.4 Å². The third kappa shape index (κ3) is 4.90. The number of thiazole rings is 1. The number of halogens is 2. The molecule has 3 N–H and O–H groups in total. The van der Waals surface area contributed by atoms with E-state index in [0.717, 1.165) is 22.5 Å². The summed E-state index contributed by atoms with van der Waals surface area (Å²) in [5.41, 5.74) is 10.0. The molecule has 2 heterocycles. The Bertz CT molecular complexity index is 1890. The summed E-state index contributed by atoms with van der Waals surface area (Å²) in [4.78, 5) is 27.7. The van der Waals surface area contributed by atoms with Crippen molar-refractivity contribution in [3.05, 3.63) is 124 Å². The van der Waals surface area contributed by atoms with E-state index in [0.29, 0.717) is 36.1 Å². The number of hydrogen-bond acceptors (Lipinski definition) is 5. The summed E-state index contributed by atoms with van der Waals surface area (Å²) in [6.07, 6.45) is 1.66. The van der Waals surface area contributed by atoms with Crippen molar-refractivity contribution in [3.8, 4) is 6.07 Å². The second kappa shape index (κ2) is 10.6. The molecule has 39 heavy (non-hydrogen) atoms. The summed E-state index contributed by atoms with van der Waals surface area (Å²) in [6.45, 7) is 3.88. The van der Waals surface area contributed by atoms with Crippen LogP contribution in [0.5, 0.6) is 0 Å². The molecular formula is C30H22Cl2N4O2S. The van der Waals surface area contributed by atoms with Gasteiger partial charge in [0.15, 0.2) is 0 Å². The van der Waals surface area contributed by atoms with Crippen LogP contribution < -0.4 is 25.8 Å². The van der Waals surface area contributed by atoms with Crippen molar-refractivity contribution < 1.29 is 4.79 Å². The zero-order valence-corrected chi connectivity index (χ0v) is 23.3. The summed E-state index contributed by atoms with van der Waals surface area (Å²) in [5.74, 6) is -1.40. The number of nitriles is 1. The highest BCUT2D eigenvalue weighted by atomic mass is 35.5. The van der Waals surface area contributed by atoms with Crippen molar-refractivity contribution in [1.82, 2.24) is 4.57 Å². The average Bonchev–Trinajstić information content (AvgIpc) is 3.20. The van der Waals surface area contributed by atoms with Gasteiger partial charge in [0.2, 0.25) is 0 Å². The molecule has 0 aliphatic carbocycles. The van der Waals surface area contributed by atoms with Crippen molar-refractivity contribution in [3.63, 3.8) is 0 Å². The van der Waals surface area contributed by atoms with Gasteiger partial charge >= 0.3 is 0 Å². The van der Waals surface area contributed by atoms with Gasteiger partial charge in [-0.2, -0.15) is 5.26 Å². The summed E-state index contributed by atoms with van der Waals surface area (Å²) in [7, 11) is 0. The SMILES string of the molecule is Cc1cc(C)cc(NC(=O)C2=c3s/c(=C\c4ccccc4Cl)c(=O)n3C(N)=C(C#N)C2c2ccccc2Cl)c1. The van der Waals surface area contributed by atoms with Crippen LogP contribution >= 0.6 is 34.5 Å². The number of carbonyl (C=O) groups is 1. The molecule has 3 aromatic carbocycles. The smallest absolute Gasteiger partial charge is 0.274 e. The quantitative estimate of drug-likeness (QED) is 0.363. The zero-order valence-electron chi connectivity index (χ0n) is 21.0. The van der Waals surface area contributed by atoms with E-state index in [4.69, 9.17) is 28.9 Å². The van der Waals surface area contributed by atoms with Gasteiger partial charge in [-0.25, -0.2) is 0 Å². The van der Waals surface area contributed by atoms with E-state index in [9.17, 15) is 14.9 Å². The molecule has 1 aliphatic rings. The Morgan fingerprint density at radius 3 is 2.33 bits per heavy atom. The van der Waals surface area contributed by atoms with E-state index in [1.807, 2.05) is 38.1 Å². The minimum atomic E-state index is -0.888. The van der Waals surface area contributed by atoms with Crippen LogP contribution in [-0.2, 0) is 4.79 Å². The van der Waals surface area contributed by atoms with Crippen LogP contribution in [0.25, 0.3) is 17.5 Å². The van der Waals surface area contributed by atoms with Gasteiger partial charge in [0, 0.05) is 15.7 Å². The fourth-order valence-electron chi connectivity index (χ4n) is 4.77. The van der Waals surface area contributed by atoms with Gasteiger partial charge < -0.3 is 11.1 Å². The Hall–Kier alpha value is -4.09. The Morgan fingerprint density at radius 1 is 1.05 bits per heavy atom. The molecule has 0 radical (unpaired) electrons. The first-order valence-corrected chi connectivity index (χ1v) is 13.5. The number of anilines is 1. The summed E-state index contributed by atoms with van der Waals surface area (Å²) in [5, 5.41) is 14.0. The van der Waals surface area contributed by atoms with Gasteiger partial charge in [0.05, 0.1) is 27.7 Å². The van der Waals surface area contributed by atoms with Crippen LogP contribution in [0.15, 0.2) is 77.1 Å². The summed E-state index contributed by atoms with van der Waals surface area (Å²) >= 11 is 14.0. The number of aromatic nitrogens is 1. The number of nitrogens with two attached hydrogens (primary N) is 1. The molecule has 1 aliphatic heterocycles. The molecule has 4 aromatic rings. The number of amides is 1. The van der Waals surface area contributed by atoms with Gasteiger partial charge in [-0.15, -0.1) is 11.3 Å². The van der Waals surface area contributed by atoms with E-state index >= 15 is 0 Å². The maximum Gasteiger partial charge on any atom is 0.274 e. The highest BCUT2D eigenvalue weighted by molar-refractivity contribution is 7.07. The van der Waals surface area contributed by atoms with Crippen molar-refractivity contribution >= 4 is 63.6 Å². The molecule has 1 amide bonds. The lowest BCUT2D eigenvalue weighted by atomic mass is 9.83. The second-order valence-electron chi connectivity index (χ2n) is 9.19. The topological polar surface area (TPSA) is 101 Å². The number of aryl methyl sites for hydroxylation is 2. The molecule has 6 nitrogen and oxygen atoms in total. The molecule has 5 rings (SSSR count). The second-order valence-corrected chi connectivity index (χ2v) is 11.0. The van der Waals surface area contributed by atoms with Crippen LogP contribution in [0.1, 0.15) is 28.2 Å². The predicted octanol–water partition coefficient (Wildman–Crippen LogP) is 4.90. The minimum Gasteiger partial charge on any atom is -0.384 e. The Kier molecular flexibility index (Phi) is 7.19. The van der Waals surface area contributed by atoms with E-state index in [-0.39, 0.29) is 17.0 Å². The maximum absolute atomic E-state index is 14.0. The van der Waals surface area contributed by atoms with Crippen LogP contribution in [0.4, 0.5) is 5.69 Å². The largest absolute Gasteiger partial charge is 0.384 e. The Morgan fingerprint density at radius 2 is 1.69 bits per heavy atom. The average molecular weight is 574 g/mol. The van der Waals surface area contributed by atoms with Crippen LogP contribution in [0.3, 0.4) is 0 Å². The normalized spacial score (nSPS) is 15.2. The molecule has 1 atom stereocenters. The molecule has 0 saturated heterocycles. The third-order valence-electron chi connectivity index (χ3n) is 6.40. The molecule has 1 aromatic heterocycles. The molecule has 1 unspecified atom stereocenters. The van der Waals surface area contributed by atoms with Gasteiger partial charge in [0.25, 0.3) is 11.5 Å². The van der Waals surface area contributed by atoms with Gasteiger partial charge in [0.1, 0.15) is 10.5 Å².